The van der Waals surface area contributed by atoms with E-state index in [0.29, 0.717) is 36.6 Å². The molecule has 0 N–H and O–H groups in total. The van der Waals surface area contributed by atoms with E-state index in [-0.39, 0.29) is 12.5 Å². The summed E-state index contributed by atoms with van der Waals surface area (Å²) in [7, 11) is 0. The highest BCUT2D eigenvalue weighted by Gasteiger charge is 2.25. The molecule has 0 aromatic heterocycles. The van der Waals surface area contributed by atoms with Gasteiger partial charge in [0, 0.05) is 12.1 Å². The van der Waals surface area contributed by atoms with Gasteiger partial charge in [-0.2, -0.15) is 0 Å². The normalized spacial score (nSPS) is 13.2. The van der Waals surface area contributed by atoms with Crippen LogP contribution in [0.2, 0.25) is 0 Å². The Hall–Kier alpha value is -2.82. The van der Waals surface area contributed by atoms with Crippen molar-refractivity contribution in [3.8, 4) is 11.5 Å². The summed E-state index contributed by atoms with van der Waals surface area (Å²) in [6, 6.07) is 13.1. The van der Waals surface area contributed by atoms with Crippen LogP contribution in [-0.2, 0) is 11.2 Å². The second-order valence-corrected chi connectivity index (χ2v) is 5.88. The first-order valence-electron chi connectivity index (χ1n) is 8.45. The zero-order valence-electron chi connectivity index (χ0n) is 14.2. The Morgan fingerprint density at radius 2 is 2.00 bits per heavy atom. The molecule has 1 heterocycles. The second-order valence-electron chi connectivity index (χ2n) is 5.88. The van der Waals surface area contributed by atoms with Crippen LogP contribution >= 0.6 is 0 Å². The van der Waals surface area contributed by atoms with Crippen molar-refractivity contribution in [3.05, 3.63) is 53.6 Å². The first-order chi connectivity index (χ1) is 12.2. The third-order valence-electron chi connectivity index (χ3n) is 4.19. The van der Waals surface area contributed by atoms with Gasteiger partial charge in [-0.25, -0.2) is 0 Å². The molecule has 3 rings (SSSR count). The molecule has 0 saturated heterocycles. The minimum atomic E-state index is -0.108. The van der Waals surface area contributed by atoms with Crippen LogP contribution in [0.4, 0.5) is 5.69 Å². The van der Waals surface area contributed by atoms with Gasteiger partial charge in [-0.05, 0) is 48.7 Å². The Kier molecular flexibility index (Phi) is 5.33. The zero-order valence-corrected chi connectivity index (χ0v) is 14.2. The lowest BCUT2D eigenvalue weighted by Gasteiger charge is -2.29. The van der Waals surface area contributed by atoms with E-state index in [9.17, 15) is 9.59 Å². The first kappa shape index (κ1) is 17.0. The van der Waals surface area contributed by atoms with E-state index in [1.807, 2.05) is 12.1 Å². The lowest BCUT2D eigenvalue weighted by Crippen LogP contribution is -2.39. The SMILES string of the molecule is CCc1ccc(OCCCN2C(=O)COc3ccc(C=O)cc32)cc1. The van der Waals surface area contributed by atoms with Gasteiger partial charge in [-0.1, -0.05) is 19.1 Å². The van der Waals surface area contributed by atoms with Crippen LogP contribution in [0.25, 0.3) is 0 Å². The number of fused-ring (bicyclic) bond motifs is 1. The minimum Gasteiger partial charge on any atom is -0.494 e. The van der Waals surface area contributed by atoms with E-state index in [4.69, 9.17) is 9.47 Å². The van der Waals surface area contributed by atoms with Crippen LogP contribution in [0.5, 0.6) is 11.5 Å². The Morgan fingerprint density at radius 3 is 2.72 bits per heavy atom. The summed E-state index contributed by atoms with van der Waals surface area (Å²) >= 11 is 0. The summed E-state index contributed by atoms with van der Waals surface area (Å²) < 4.78 is 11.2. The van der Waals surface area contributed by atoms with Gasteiger partial charge < -0.3 is 14.4 Å². The summed E-state index contributed by atoms with van der Waals surface area (Å²) in [4.78, 5) is 24.8. The molecule has 1 aliphatic heterocycles. The number of hydrogen-bond acceptors (Lipinski definition) is 4. The van der Waals surface area contributed by atoms with Gasteiger partial charge in [0.05, 0.1) is 12.3 Å². The maximum absolute atomic E-state index is 12.2. The van der Waals surface area contributed by atoms with Gasteiger partial charge in [0.25, 0.3) is 5.91 Å². The molecule has 0 spiro atoms. The van der Waals surface area contributed by atoms with Crippen LogP contribution in [0, 0.1) is 0 Å². The molecule has 1 aliphatic rings. The van der Waals surface area contributed by atoms with Gasteiger partial charge in [0.2, 0.25) is 0 Å². The van der Waals surface area contributed by atoms with Crippen molar-refractivity contribution in [1.82, 2.24) is 0 Å². The Morgan fingerprint density at radius 1 is 1.20 bits per heavy atom. The maximum Gasteiger partial charge on any atom is 0.265 e. The van der Waals surface area contributed by atoms with E-state index < -0.39 is 0 Å². The fourth-order valence-corrected chi connectivity index (χ4v) is 2.77. The summed E-state index contributed by atoms with van der Waals surface area (Å²) in [6.07, 6.45) is 2.45. The van der Waals surface area contributed by atoms with Crippen LogP contribution in [0.1, 0.15) is 29.3 Å². The number of benzene rings is 2. The van der Waals surface area contributed by atoms with E-state index in [0.717, 1.165) is 18.5 Å². The van der Waals surface area contributed by atoms with E-state index in [2.05, 4.69) is 19.1 Å². The summed E-state index contributed by atoms with van der Waals surface area (Å²) in [5.74, 6) is 1.35. The Labute approximate surface area is 147 Å². The minimum absolute atomic E-state index is 0.0206. The highest BCUT2D eigenvalue weighted by atomic mass is 16.5. The zero-order chi connectivity index (χ0) is 17.6. The van der Waals surface area contributed by atoms with E-state index in [1.165, 1.54) is 5.56 Å². The number of amides is 1. The van der Waals surface area contributed by atoms with Gasteiger partial charge in [-0.15, -0.1) is 0 Å². The molecule has 0 fully saturated rings. The molecule has 0 bridgehead atoms. The molecule has 0 unspecified atom stereocenters. The molecule has 0 atom stereocenters. The third-order valence-corrected chi connectivity index (χ3v) is 4.19. The molecular weight excluding hydrogens is 318 g/mol. The molecule has 5 heteroatoms. The molecule has 25 heavy (non-hydrogen) atoms. The molecular formula is C20H21NO4. The summed E-state index contributed by atoms with van der Waals surface area (Å²) in [5, 5.41) is 0. The molecule has 0 radical (unpaired) electrons. The van der Waals surface area contributed by atoms with Gasteiger partial charge in [0.1, 0.15) is 17.8 Å². The largest absolute Gasteiger partial charge is 0.494 e. The fraction of sp³-hybridized carbons (Fsp3) is 0.300. The van der Waals surface area contributed by atoms with Crippen molar-refractivity contribution in [2.45, 2.75) is 19.8 Å². The van der Waals surface area contributed by atoms with Crippen LogP contribution < -0.4 is 14.4 Å². The molecule has 0 aliphatic carbocycles. The molecule has 2 aromatic carbocycles. The van der Waals surface area contributed by atoms with Gasteiger partial charge >= 0.3 is 0 Å². The van der Waals surface area contributed by atoms with Crippen molar-refractivity contribution < 1.29 is 19.1 Å². The topological polar surface area (TPSA) is 55.8 Å². The smallest absolute Gasteiger partial charge is 0.265 e. The van der Waals surface area contributed by atoms with Crippen LogP contribution in [-0.4, -0.2) is 32.0 Å². The van der Waals surface area contributed by atoms with Crippen molar-refractivity contribution in [2.24, 2.45) is 0 Å². The van der Waals surface area contributed by atoms with Crippen LogP contribution in [0.3, 0.4) is 0 Å². The second kappa shape index (κ2) is 7.83. The molecule has 2 aromatic rings. The van der Waals surface area contributed by atoms with Crippen molar-refractivity contribution in [1.29, 1.82) is 0 Å². The molecule has 5 nitrogen and oxygen atoms in total. The predicted molar refractivity (Wildman–Crippen MR) is 95.6 cm³/mol. The average molecular weight is 339 g/mol. The number of anilines is 1. The quantitative estimate of drug-likeness (QED) is 0.574. The van der Waals surface area contributed by atoms with E-state index >= 15 is 0 Å². The maximum atomic E-state index is 12.2. The number of aryl methyl sites for hydroxylation is 1. The Balaban J connectivity index is 1.59. The summed E-state index contributed by atoms with van der Waals surface area (Å²) in [5.41, 5.74) is 2.44. The van der Waals surface area contributed by atoms with Crippen molar-refractivity contribution in [3.63, 3.8) is 0 Å². The summed E-state index contributed by atoms with van der Waals surface area (Å²) in [6.45, 7) is 3.17. The average Bonchev–Trinajstić information content (AvgIpc) is 2.66. The number of carbonyl (C=O) groups is 2. The van der Waals surface area contributed by atoms with Gasteiger partial charge in [0.15, 0.2) is 6.61 Å². The Bertz CT molecular complexity index is 755. The monoisotopic (exact) mass is 339 g/mol. The predicted octanol–water partition coefficient (Wildman–Crippen LogP) is 3.26. The molecule has 1 amide bonds. The van der Waals surface area contributed by atoms with Crippen molar-refractivity contribution >= 4 is 17.9 Å². The molecule has 0 saturated carbocycles. The number of rotatable bonds is 7. The molecule has 130 valence electrons. The van der Waals surface area contributed by atoms with Crippen LogP contribution in [0.15, 0.2) is 42.5 Å². The first-order valence-corrected chi connectivity index (χ1v) is 8.45. The highest BCUT2D eigenvalue weighted by molar-refractivity contribution is 5.98. The van der Waals surface area contributed by atoms with E-state index in [1.54, 1.807) is 23.1 Å². The standard InChI is InChI=1S/C20H21NO4/c1-2-15-4-7-17(8-5-15)24-11-3-10-21-18-12-16(13-22)6-9-19(18)25-14-20(21)23/h4-9,12-13H,2-3,10-11,14H2,1H3. The number of nitrogens with zero attached hydrogens (tertiary/aromatic N) is 1. The number of carbonyl (C=O) groups excluding carboxylic acids is 2. The highest BCUT2D eigenvalue weighted by Crippen LogP contribution is 2.32. The lowest BCUT2D eigenvalue weighted by molar-refractivity contribution is -0.121. The lowest BCUT2D eigenvalue weighted by atomic mass is 10.1. The fourth-order valence-electron chi connectivity index (χ4n) is 2.77. The third kappa shape index (κ3) is 3.99. The van der Waals surface area contributed by atoms with Gasteiger partial charge in [-0.3, -0.25) is 9.59 Å². The number of aldehydes is 1. The number of hydrogen-bond donors (Lipinski definition) is 0. The number of ether oxygens (including phenoxy) is 2. The van der Waals surface area contributed by atoms with Crippen molar-refractivity contribution in [2.75, 3.05) is 24.7 Å².